The van der Waals surface area contributed by atoms with Crippen molar-refractivity contribution in [2.24, 2.45) is 5.92 Å². The molecule has 1 heterocycles. The Morgan fingerprint density at radius 2 is 1.96 bits per heavy atom. The van der Waals surface area contributed by atoms with E-state index in [0.717, 1.165) is 24.1 Å². The van der Waals surface area contributed by atoms with E-state index in [4.69, 9.17) is 0 Å². The lowest BCUT2D eigenvalue weighted by atomic mass is 9.99. The van der Waals surface area contributed by atoms with Gasteiger partial charge in [-0.05, 0) is 30.5 Å². The Bertz CT molecular complexity index is 641. The van der Waals surface area contributed by atoms with Crippen LogP contribution >= 0.6 is 0 Å². The van der Waals surface area contributed by atoms with Crippen molar-refractivity contribution in [2.75, 3.05) is 38.3 Å². The molecular formula is C16H25N3O3S. The highest BCUT2D eigenvalue weighted by Crippen LogP contribution is 2.19. The van der Waals surface area contributed by atoms with Gasteiger partial charge in [0.1, 0.15) is 0 Å². The zero-order valence-electron chi connectivity index (χ0n) is 13.9. The first-order valence-electron chi connectivity index (χ1n) is 7.76. The summed E-state index contributed by atoms with van der Waals surface area (Å²) < 4.78 is 24.6. The maximum atomic E-state index is 12.3. The molecule has 1 aromatic rings. The van der Waals surface area contributed by atoms with E-state index < -0.39 is 10.0 Å². The summed E-state index contributed by atoms with van der Waals surface area (Å²) in [5.74, 6) is -0.338. The van der Waals surface area contributed by atoms with E-state index in [1.54, 1.807) is 0 Å². The van der Waals surface area contributed by atoms with Crippen molar-refractivity contribution in [3.63, 3.8) is 0 Å². The fourth-order valence-corrected chi connectivity index (χ4v) is 3.61. The number of hydrogen-bond acceptors (Lipinski definition) is 4. The van der Waals surface area contributed by atoms with Gasteiger partial charge in [0.15, 0.2) is 0 Å². The molecule has 1 aromatic carbocycles. The van der Waals surface area contributed by atoms with E-state index in [9.17, 15) is 13.2 Å². The molecule has 0 radical (unpaired) electrons. The van der Waals surface area contributed by atoms with Crippen LogP contribution in [0.25, 0.3) is 0 Å². The molecular weight excluding hydrogens is 314 g/mol. The highest BCUT2D eigenvalue weighted by Gasteiger charge is 2.29. The molecule has 6 nitrogen and oxygen atoms in total. The summed E-state index contributed by atoms with van der Waals surface area (Å²) in [6, 6.07) is 7.99. The van der Waals surface area contributed by atoms with Crippen LogP contribution in [0.4, 0.5) is 5.69 Å². The Kier molecular flexibility index (Phi) is 5.64. The van der Waals surface area contributed by atoms with E-state index in [0.29, 0.717) is 13.1 Å². The van der Waals surface area contributed by atoms with E-state index in [-0.39, 0.29) is 18.4 Å². The van der Waals surface area contributed by atoms with Gasteiger partial charge in [-0.3, -0.25) is 4.79 Å². The number of nitrogens with zero attached hydrogens (tertiary/aromatic N) is 2. The molecule has 1 amide bonds. The molecule has 0 unspecified atom stereocenters. The number of rotatable bonds is 5. The van der Waals surface area contributed by atoms with Gasteiger partial charge < -0.3 is 10.2 Å². The van der Waals surface area contributed by atoms with Gasteiger partial charge in [-0.1, -0.05) is 12.1 Å². The molecule has 1 fully saturated rings. The number of sulfonamides is 1. The molecule has 0 spiro atoms. The second-order valence-corrected chi connectivity index (χ2v) is 8.22. The molecule has 1 aliphatic heterocycles. The van der Waals surface area contributed by atoms with Crippen LogP contribution in [0.5, 0.6) is 0 Å². The van der Waals surface area contributed by atoms with Gasteiger partial charge in [0.25, 0.3) is 0 Å². The van der Waals surface area contributed by atoms with Crippen LogP contribution in [0.15, 0.2) is 24.3 Å². The second kappa shape index (κ2) is 7.31. The lowest BCUT2D eigenvalue weighted by Crippen LogP contribution is -2.44. The zero-order chi connectivity index (χ0) is 17.0. The predicted octanol–water partition coefficient (Wildman–Crippen LogP) is 1.04. The number of amides is 1. The molecule has 7 heteroatoms. The van der Waals surface area contributed by atoms with Crippen molar-refractivity contribution in [1.29, 1.82) is 0 Å². The van der Waals surface area contributed by atoms with Crippen molar-refractivity contribution in [3.8, 4) is 0 Å². The summed E-state index contributed by atoms with van der Waals surface area (Å²) in [7, 11) is 0.735. The van der Waals surface area contributed by atoms with E-state index >= 15 is 0 Å². The molecule has 1 aliphatic rings. The smallest absolute Gasteiger partial charge is 0.224 e. The lowest BCUT2D eigenvalue weighted by Gasteiger charge is -2.30. The number of carbonyl (C=O) groups is 1. The van der Waals surface area contributed by atoms with Crippen molar-refractivity contribution in [2.45, 2.75) is 19.4 Å². The zero-order valence-corrected chi connectivity index (χ0v) is 14.8. The molecule has 0 saturated carbocycles. The highest BCUT2D eigenvalue weighted by molar-refractivity contribution is 7.88. The number of nitrogens with one attached hydrogen (secondary N) is 1. The monoisotopic (exact) mass is 339 g/mol. The van der Waals surface area contributed by atoms with Crippen LogP contribution in [0.3, 0.4) is 0 Å². The fraction of sp³-hybridized carbons (Fsp3) is 0.562. The van der Waals surface area contributed by atoms with Crippen LogP contribution in [0.1, 0.15) is 18.4 Å². The number of benzene rings is 1. The van der Waals surface area contributed by atoms with Gasteiger partial charge in [0.2, 0.25) is 15.9 Å². The van der Waals surface area contributed by atoms with Crippen molar-refractivity contribution in [3.05, 3.63) is 29.8 Å². The van der Waals surface area contributed by atoms with Crippen LogP contribution < -0.4 is 10.2 Å². The molecule has 0 aromatic heterocycles. The molecule has 128 valence electrons. The Morgan fingerprint density at radius 3 is 2.52 bits per heavy atom. The summed E-state index contributed by atoms with van der Waals surface area (Å²) in [5, 5.41) is 2.92. The molecule has 2 rings (SSSR count). The SMILES string of the molecule is CN(C)c1ccc(CNC(=O)[C@H]2CCCN(S(C)(=O)=O)C2)cc1. The average molecular weight is 339 g/mol. The molecule has 1 saturated heterocycles. The first kappa shape index (κ1) is 17.7. The summed E-state index contributed by atoms with van der Waals surface area (Å²) in [5.41, 5.74) is 2.14. The Balaban J connectivity index is 1.89. The fourth-order valence-electron chi connectivity index (χ4n) is 2.70. The Hall–Kier alpha value is -1.60. The van der Waals surface area contributed by atoms with Crippen molar-refractivity contribution in [1.82, 2.24) is 9.62 Å². The molecule has 0 aliphatic carbocycles. The van der Waals surface area contributed by atoms with Crippen LogP contribution in [0.2, 0.25) is 0 Å². The molecule has 23 heavy (non-hydrogen) atoms. The van der Waals surface area contributed by atoms with E-state index in [2.05, 4.69) is 5.32 Å². The largest absolute Gasteiger partial charge is 0.378 e. The van der Waals surface area contributed by atoms with Gasteiger partial charge in [-0.25, -0.2) is 12.7 Å². The van der Waals surface area contributed by atoms with Gasteiger partial charge in [-0.2, -0.15) is 0 Å². The van der Waals surface area contributed by atoms with Gasteiger partial charge in [-0.15, -0.1) is 0 Å². The topological polar surface area (TPSA) is 69.7 Å². The normalized spacial score (nSPS) is 19.3. The lowest BCUT2D eigenvalue weighted by molar-refractivity contribution is -0.126. The summed E-state index contributed by atoms with van der Waals surface area (Å²) in [6.45, 7) is 1.25. The molecule has 1 N–H and O–H groups in total. The van der Waals surface area contributed by atoms with E-state index in [1.807, 2.05) is 43.3 Å². The van der Waals surface area contributed by atoms with Crippen LogP contribution in [0, 0.1) is 5.92 Å². The van der Waals surface area contributed by atoms with E-state index in [1.165, 1.54) is 10.6 Å². The number of hydrogen-bond donors (Lipinski definition) is 1. The third-order valence-electron chi connectivity index (χ3n) is 4.14. The molecule has 1 atom stereocenters. The number of piperidine rings is 1. The minimum atomic E-state index is -3.22. The van der Waals surface area contributed by atoms with Gasteiger partial charge in [0, 0.05) is 39.4 Å². The van der Waals surface area contributed by atoms with Crippen LogP contribution in [-0.2, 0) is 21.4 Å². The van der Waals surface area contributed by atoms with Gasteiger partial charge >= 0.3 is 0 Å². The minimum Gasteiger partial charge on any atom is -0.378 e. The third kappa shape index (κ3) is 4.94. The summed E-state index contributed by atoms with van der Waals surface area (Å²) >= 11 is 0. The van der Waals surface area contributed by atoms with Gasteiger partial charge in [0.05, 0.1) is 12.2 Å². The third-order valence-corrected chi connectivity index (χ3v) is 5.41. The Morgan fingerprint density at radius 1 is 1.30 bits per heavy atom. The number of anilines is 1. The maximum absolute atomic E-state index is 12.3. The Labute approximate surface area is 138 Å². The quantitative estimate of drug-likeness (QED) is 0.870. The second-order valence-electron chi connectivity index (χ2n) is 6.24. The first-order chi connectivity index (χ1) is 10.8. The predicted molar refractivity (Wildman–Crippen MR) is 91.8 cm³/mol. The van der Waals surface area contributed by atoms with Crippen molar-refractivity contribution < 1.29 is 13.2 Å². The van der Waals surface area contributed by atoms with Crippen molar-refractivity contribution >= 4 is 21.6 Å². The number of carbonyl (C=O) groups excluding carboxylic acids is 1. The average Bonchev–Trinajstić information content (AvgIpc) is 2.52. The maximum Gasteiger partial charge on any atom is 0.224 e. The summed E-state index contributed by atoms with van der Waals surface area (Å²) in [6.07, 6.45) is 2.65. The highest BCUT2D eigenvalue weighted by atomic mass is 32.2. The molecule has 0 bridgehead atoms. The first-order valence-corrected chi connectivity index (χ1v) is 9.61. The minimum absolute atomic E-state index is 0.0740. The van der Waals surface area contributed by atoms with Crippen LogP contribution in [-0.4, -0.2) is 52.1 Å². The summed E-state index contributed by atoms with van der Waals surface area (Å²) in [4.78, 5) is 14.3. The standard InChI is InChI=1S/C16H25N3O3S/c1-18(2)15-8-6-13(7-9-15)11-17-16(20)14-5-4-10-19(12-14)23(3,21)22/h6-9,14H,4-5,10-12H2,1-3H3,(H,17,20)/t14-/m0/s1.